The smallest absolute Gasteiger partial charge is 0.224 e. The fourth-order valence-corrected chi connectivity index (χ4v) is 4.49. The first-order chi connectivity index (χ1) is 17.8. The maximum absolute atomic E-state index is 13.5. The van der Waals surface area contributed by atoms with Crippen LogP contribution in [0.5, 0.6) is 0 Å². The van der Waals surface area contributed by atoms with E-state index in [1.165, 1.54) is 11.9 Å². The van der Waals surface area contributed by atoms with Gasteiger partial charge in [0.05, 0.1) is 18.4 Å². The highest BCUT2D eigenvalue weighted by molar-refractivity contribution is 6.41. The molecule has 3 aromatic rings. The molecule has 196 valence electrons. The number of hydrogen-bond acceptors (Lipinski definition) is 5. The van der Waals surface area contributed by atoms with Gasteiger partial charge in [0.25, 0.3) is 0 Å². The van der Waals surface area contributed by atoms with E-state index in [2.05, 4.69) is 27.4 Å². The fraction of sp³-hybridized carbons (Fsp3) is 0.400. The Morgan fingerprint density at radius 3 is 2.16 bits per heavy atom. The van der Waals surface area contributed by atoms with Gasteiger partial charge in [-0.1, -0.05) is 74.5 Å². The molecule has 0 fully saturated rings. The SMILES string of the molecule is CC(C)C[C@H](NC(=O)C(CCCc1ccccc1)Cc1ccccc1)C(=O)C(=O)[C@@H](N)Cc1cnc[nH]1. The molecule has 1 aromatic heterocycles. The third-order valence-corrected chi connectivity index (χ3v) is 6.47. The predicted molar refractivity (Wildman–Crippen MR) is 145 cm³/mol. The fourth-order valence-electron chi connectivity index (χ4n) is 4.49. The van der Waals surface area contributed by atoms with Gasteiger partial charge in [0.1, 0.15) is 0 Å². The van der Waals surface area contributed by atoms with E-state index in [1.54, 1.807) is 6.20 Å². The number of aryl methyl sites for hydroxylation is 1. The number of imidazole rings is 1. The third-order valence-electron chi connectivity index (χ3n) is 6.47. The minimum absolute atomic E-state index is 0.108. The quantitative estimate of drug-likeness (QED) is 0.273. The maximum atomic E-state index is 13.5. The molecule has 37 heavy (non-hydrogen) atoms. The number of amides is 1. The van der Waals surface area contributed by atoms with Gasteiger partial charge >= 0.3 is 0 Å². The molecule has 2 aromatic carbocycles. The molecule has 0 saturated heterocycles. The summed E-state index contributed by atoms with van der Waals surface area (Å²) in [5.74, 6) is -1.73. The number of Topliss-reactive ketones (excluding diaryl/α,β-unsaturated/α-hetero) is 2. The lowest BCUT2D eigenvalue weighted by molar-refractivity contribution is -0.140. The summed E-state index contributed by atoms with van der Waals surface area (Å²) >= 11 is 0. The molecule has 0 spiro atoms. The topological polar surface area (TPSA) is 118 Å². The number of nitrogens with zero attached hydrogens (tertiary/aromatic N) is 1. The molecule has 4 N–H and O–H groups in total. The highest BCUT2D eigenvalue weighted by Gasteiger charge is 2.32. The van der Waals surface area contributed by atoms with E-state index in [-0.39, 0.29) is 24.2 Å². The molecule has 7 heteroatoms. The molecule has 1 heterocycles. The number of hydrogen-bond donors (Lipinski definition) is 3. The highest BCUT2D eigenvalue weighted by Crippen LogP contribution is 2.18. The van der Waals surface area contributed by atoms with Gasteiger partial charge in [0, 0.05) is 24.2 Å². The highest BCUT2D eigenvalue weighted by atomic mass is 16.2. The van der Waals surface area contributed by atoms with Gasteiger partial charge in [-0.3, -0.25) is 14.4 Å². The van der Waals surface area contributed by atoms with Crippen LogP contribution in [0, 0.1) is 11.8 Å². The number of nitrogens with one attached hydrogen (secondary N) is 2. The monoisotopic (exact) mass is 502 g/mol. The largest absolute Gasteiger partial charge is 0.348 e. The van der Waals surface area contributed by atoms with Gasteiger partial charge < -0.3 is 16.0 Å². The van der Waals surface area contributed by atoms with Crippen LogP contribution in [0.3, 0.4) is 0 Å². The normalized spacial score (nSPS) is 13.6. The Hall–Kier alpha value is -3.58. The first-order valence-electron chi connectivity index (χ1n) is 13.0. The summed E-state index contributed by atoms with van der Waals surface area (Å²) in [5, 5.41) is 2.93. The van der Waals surface area contributed by atoms with Gasteiger partial charge in [-0.25, -0.2) is 4.98 Å². The van der Waals surface area contributed by atoms with E-state index in [1.807, 2.05) is 62.4 Å². The molecule has 0 radical (unpaired) electrons. The zero-order chi connectivity index (χ0) is 26.6. The zero-order valence-electron chi connectivity index (χ0n) is 21.7. The van der Waals surface area contributed by atoms with E-state index in [4.69, 9.17) is 5.73 Å². The average molecular weight is 503 g/mol. The van der Waals surface area contributed by atoms with Gasteiger partial charge in [-0.2, -0.15) is 0 Å². The molecule has 0 bridgehead atoms. The maximum Gasteiger partial charge on any atom is 0.224 e. The minimum atomic E-state index is -0.995. The lowest BCUT2D eigenvalue weighted by atomic mass is 9.90. The van der Waals surface area contributed by atoms with Crippen molar-refractivity contribution in [3.05, 3.63) is 90.0 Å². The van der Waals surface area contributed by atoms with E-state index >= 15 is 0 Å². The first kappa shape index (κ1) is 28.0. The molecule has 1 unspecified atom stereocenters. The second kappa shape index (κ2) is 14.2. The second-order valence-electron chi connectivity index (χ2n) is 10.1. The molecule has 0 aliphatic rings. The van der Waals surface area contributed by atoms with E-state index in [0.717, 1.165) is 18.4 Å². The Bertz CT molecular complexity index is 1110. The van der Waals surface area contributed by atoms with Crippen LogP contribution in [0.15, 0.2) is 73.2 Å². The Labute approximate surface area is 219 Å². The lowest BCUT2D eigenvalue weighted by Gasteiger charge is -2.24. The Morgan fingerprint density at radius 1 is 0.919 bits per heavy atom. The molecule has 0 aliphatic carbocycles. The van der Waals surface area contributed by atoms with Crippen molar-refractivity contribution < 1.29 is 14.4 Å². The molecule has 0 aliphatic heterocycles. The van der Waals surface area contributed by atoms with Gasteiger partial charge in [-0.15, -0.1) is 0 Å². The van der Waals surface area contributed by atoms with Gasteiger partial charge in [0.2, 0.25) is 17.5 Å². The average Bonchev–Trinajstić information content (AvgIpc) is 3.40. The summed E-state index contributed by atoms with van der Waals surface area (Å²) in [7, 11) is 0. The number of aromatic amines is 1. The zero-order valence-corrected chi connectivity index (χ0v) is 21.7. The molecule has 3 atom stereocenters. The molecular formula is C30H38N4O3. The van der Waals surface area contributed by atoms with Crippen LogP contribution in [0.4, 0.5) is 0 Å². The van der Waals surface area contributed by atoms with Crippen molar-refractivity contribution >= 4 is 17.5 Å². The first-order valence-corrected chi connectivity index (χ1v) is 13.0. The van der Waals surface area contributed by atoms with Crippen LogP contribution < -0.4 is 11.1 Å². The Kier molecular flexibility index (Phi) is 10.8. The number of ketones is 2. The number of carbonyl (C=O) groups excluding carboxylic acids is 3. The number of carbonyl (C=O) groups is 3. The van der Waals surface area contributed by atoms with Crippen molar-refractivity contribution in [1.82, 2.24) is 15.3 Å². The number of rotatable bonds is 15. The van der Waals surface area contributed by atoms with Crippen molar-refractivity contribution in [2.45, 2.75) is 64.5 Å². The van der Waals surface area contributed by atoms with Crippen LogP contribution in [0.1, 0.15) is 49.9 Å². The number of nitrogens with two attached hydrogens (primary N) is 1. The molecule has 0 saturated carbocycles. The number of benzene rings is 2. The van der Waals surface area contributed by atoms with Crippen LogP contribution in [0.25, 0.3) is 0 Å². The number of aromatic nitrogens is 2. The molecule has 3 rings (SSSR count). The molecule has 7 nitrogen and oxygen atoms in total. The standard InChI is InChI=1S/C30H38N4O3/c1-21(2)16-27(29(36)28(35)26(31)18-25-19-32-20-33-25)34-30(37)24(17-23-12-7-4-8-13-23)15-9-14-22-10-5-3-6-11-22/h3-8,10-13,19-21,24,26-27H,9,14-18,31H2,1-2H3,(H,32,33)(H,34,37)/t24?,26-,27-/m0/s1. The van der Waals surface area contributed by atoms with E-state index < -0.39 is 23.7 Å². The van der Waals surface area contributed by atoms with E-state index in [0.29, 0.717) is 25.0 Å². The molecule has 1 amide bonds. The van der Waals surface area contributed by atoms with Gasteiger partial charge in [0.15, 0.2) is 0 Å². The summed E-state index contributed by atoms with van der Waals surface area (Å²) < 4.78 is 0. The van der Waals surface area contributed by atoms with Crippen molar-refractivity contribution in [3.63, 3.8) is 0 Å². The van der Waals surface area contributed by atoms with Crippen LogP contribution in [-0.2, 0) is 33.6 Å². The minimum Gasteiger partial charge on any atom is -0.348 e. The van der Waals surface area contributed by atoms with Crippen LogP contribution >= 0.6 is 0 Å². The van der Waals surface area contributed by atoms with Crippen LogP contribution in [-0.4, -0.2) is 39.5 Å². The number of H-pyrrole nitrogens is 1. The van der Waals surface area contributed by atoms with Crippen molar-refractivity contribution in [3.8, 4) is 0 Å². The van der Waals surface area contributed by atoms with Crippen LogP contribution in [0.2, 0.25) is 0 Å². The van der Waals surface area contributed by atoms with Crippen molar-refractivity contribution in [2.75, 3.05) is 0 Å². The predicted octanol–water partition coefficient (Wildman–Crippen LogP) is 3.83. The lowest BCUT2D eigenvalue weighted by Crippen LogP contribution is -2.51. The Morgan fingerprint density at radius 2 is 1.57 bits per heavy atom. The van der Waals surface area contributed by atoms with Gasteiger partial charge in [-0.05, 0) is 49.1 Å². The summed E-state index contributed by atoms with van der Waals surface area (Å²) in [5.41, 5.74) is 9.03. The summed E-state index contributed by atoms with van der Waals surface area (Å²) in [6.07, 6.45) is 6.58. The second-order valence-corrected chi connectivity index (χ2v) is 10.1. The summed E-state index contributed by atoms with van der Waals surface area (Å²) in [6, 6.07) is 18.2. The summed E-state index contributed by atoms with van der Waals surface area (Å²) in [4.78, 5) is 46.4. The Balaban J connectivity index is 1.69. The molecular weight excluding hydrogens is 464 g/mol. The third kappa shape index (κ3) is 9.10. The van der Waals surface area contributed by atoms with Crippen molar-refractivity contribution in [2.24, 2.45) is 17.6 Å². The van der Waals surface area contributed by atoms with E-state index in [9.17, 15) is 14.4 Å². The summed E-state index contributed by atoms with van der Waals surface area (Å²) in [6.45, 7) is 3.92. The van der Waals surface area contributed by atoms with Crippen molar-refractivity contribution in [1.29, 1.82) is 0 Å².